The van der Waals surface area contributed by atoms with Crippen molar-refractivity contribution in [3.05, 3.63) is 41.2 Å². The molecule has 0 atom stereocenters. The van der Waals surface area contributed by atoms with E-state index in [0.717, 1.165) is 24.4 Å². The lowest BCUT2D eigenvalue weighted by Gasteiger charge is -2.18. The summed E-state index contributed by atoms with van der Waals surface area (Å²) < 4.78 is 8.03. The molecule has 1 saturated carbocycles. The molecule has 4 nitrogen and oxygen atoms in total. The lowest BCUT2D eigenvalue weighted by atomic mass is 10.0. The predicted molar refractivity (Wildman–Crippen MR) is 76.0 cm³/mol. The van der Waals surface area contributed by atoms with E-state index in [-0.39, 0.29) is 5.60 Å². The van der Waals surface area contributed by atoms with Gasteiger partial charge in [-0.2, -0.15) is 0 Å². The van der Waals surface area contributed by atoms with Crippen molar-refractivity contribution in [1.29, 1.82) is 0 Å². The van der Waals surface area contributed by atoms with Crippen LogP contribution in [0.5, 0.6) is 5.75 Å². The summed E-state index contributed by atoms with van der Waals surface area (Å²) in [7, 11) is 0. The number of benzene rings is 1. The molecule has 1 aliphatic heterocycles. The first-order valence-electron chi connectivity index (χ1n) is 7.30. The molecule has 0 saturated heterocycles. The van der Waals surface area contributed by atoms with Crippen LogP contribution in [0.1, 0.15) is 49.4 Å². The quantitative estimate of drug-likeness (QED) is 0.860. The highest BCUT2D eigenvalue weighted by molar-refractivity contribution is 5.45. The average Bonchev–Trinajstić information content (AvgIpc) is 3.04. The van der Waals surface area contributed by atoms with E-state index < -0.39 is 0 Å². The zero-order chi connectivity index (χ0) is 13.7. The van der Waals surface area contributed by atoms with E-state index in [9.17, 15) is 0 Å². The zero-order valence-electron chi connectivity index (χ0n) is 12.0. The second-order valence-electron chi connectivity index (χ2n) is 6.56. The van der Waals surface area contributed by atoms with Crippen molar-refractivity contribution >= 4 is 0 Å². The average molecular weight is 269 g/mol. The van der Waals surface area contributed by atoms with Crippen molar-refractivity contribution in [1.82, 2.24) is 15.0 Å². The maximum atomic E-state index is 6.10. The zero-order valence-corrected chi connectivity index (χ0v) is 12.0. The fourth-order valence-electron chi connectivity index (χ4n) is 2.94. The van der Waals surface area contributed by atoms with Gasteiger partial charge in [-0.3, -0.25) is 0 Å². The van der Waals surface area contributed by atoms with Gasteiger partial charge in [-0.15, -0.1) is 5.10 Å². The van der Waals surface area contributed by atoms with E-state index in [4.69, 9.17) is 4.74 Å². The van der Waals surface area contributed by atoms with Gasteiger partial charge in [0.05, 0.1) is 12.2 Å². The third-order valence-electron chi connectivity index (χ3n) is 4.06. The van der Waals surface area contributed by atoms with Crippen molar-refractivity contribution in [3.8, 4) is 5.75 Å². The molecular formula is C16H19N3O. The van der Waals surface area contributed by atoms with Crippen molar-refractivity contribution in [3.63, 3.8) is 0 Å². The molecule has 4 heteroatoms. The van der Waals surface area contributed by atoms with Gasteiger partial charge in [-0.1, -0.05) is 23.4 Å². The number of hydrogen-bond acceptors (Lipinski definition) is 3. The minimum absolute atomic E-state index is 0.0972. The largest absolute Gasteiger partial charge is 0.487 e. The van der Waals surface area contributed by atoms with Gasteiger partial charge >= 0.3 is 0 Å². The third-order valence-corrected chi connectivity index (χ3v) is 4.06. The first-order valence-corrected chi connectivity index (χ1v) is 7.30. The Bertz CT molecular complexity index is 655. The van der Waals surface area contributed by atoms with Gasteiger partial charge in [-0.25, -0.2) is 4.68 Å². The molecule has 1 aliphatic carbocycles. The molecule has 1 fully saturated rings. The van der Waals surface area contributed by atoms with Crippen LogP contribution in [0.25, 0.3) is 0 Å². The van der Waals surface area contributed by atoms with E-state index in [1.807, 2.05) is 4.68 Å². The number of hydrogen-bond donors (Lipinski definition) is 0. The Morgan fingerprint density at radius 1 is 1.35 bits per heavy atom. The fraction of sp³-hybridized carbons (Fsp3) is 0.500. The van der Waals surface area contributed by atoms with E-state index in [0.29, 0.717) is 5.92 Å². The summed E-state index contributed by atoms with van der Waals surface area (Å²) >= 11 is 0. The van der Waals surface area contributed by atoms with Crippen LogP contribution in [0, 0.1) is 0 Å². The highest BCUT2D eigenvalue weighted by atomic mass is 16.5. The van der Waals surface area contributed by atoms with Crippen molar-refractivity contribution in [2.75, 3.05) is 0 Å². The molecule has 2 aromatic rings. The predicted octanol–water partition coefficient (Wildman–Crippen LogP) is 2.92. The van der Waals surface area contributed by atoms with Gasteiger partial charge in [0.25, 0.3) is 0 Å². The Labute approximate surface area is 118 Å². The Kier molecular flexibility index (Phi) is 2.43. The maximum Gasteiger partial charge on any atom is 0.128 e. The summed E-state index contributed by atoms with van der Waals surface area (Å²) in [6.07, 6.45) is 5.57. The van der Waals surface area contributed by atoms with E-state index in [2.05, 4.69) is 48.6 Å². The van der Waals surface area contributed by atoms with Gasteiger partial charge in [0.15, 0.2) is 0 Å². The second-order valence-corrected chi connectivity index (χ2v) is 6.56. The third kappa shape index (κ3) is 2.09. The Balaban J connectivity index is 1.61. The van der Waals surface area contributed by atoms with Crippen LogP contribution in [-0.4, -0.2) is 20.6 Å². The molecule has 0 unspecified atom stereocenters. The van der Waals surface area contributed by atoms with Crippen molar-refractivity contribution in [2.24, 2.45) is 0 Å². The molecule has 1 aromatic heterocycles. The maximum absolute atomic E-state index is 6.10. The Morgan fingerprint density at radius 3 is 3.00 bits per heavy atom. The number of ether oxygens (including phenoxy) is 1. The Hall–Kier alpha value is -1.84. The van der Waals surface area contributed by atoms with Crippen LogP contribution < -0.4 is 4.74 Å². The number of aromatic nitrogens is 3. The van der Waals surface area contributed by atoms with E-state index in [1.165, 1.54) is 24.0 Å². The van der Waals surface area contributed by atoms with Crippen LogP contribution in [0.2, 0.25) is 0 Å². The molecule has 2 heterocycles. The fourth-order valence-corrected chi connectivity index (χ4v) is 2.94. The van der Waals surface area contributed by atoms with Crippen LogP contribution in [0.15, 0.2) is 24.4 Å². The summed E-state index contributed by atoms with van der Waals surface area (Å²) in [4.78, 5) is 0. The standard InChI is InChI=1S/C16H19N3O/c1-16(2)8-12-4-3-5-13(15(12)20-16)9-19-10-14(17-18-19)11-6-7-11/h3-5,10-11H,6-9H2,1-2H3. The number of fused-ring (bicyclic) bond motifs is 1. The molecule has 4 rings (SSSR count). The second kappa shape index (κ2) is 4.08. The van der Waals surface area contributed by atoms with Gasteiger partial charge in [0, 0.05) is 24.1 Å². The lowest BCUT2D eigenvalue weighted by Crippen LogP contribution is -2.25. The highest BCUT2D eigenvalue weighted by Gasteiger charge is 2.32. The highest BCUT2D eigenvalue weighted by Crippen LogP contribution is 2.39. The summed E-state index contributed by atoms with van der Waals surface area (Å²) in [5, 5.41) is 8.51. The first-order chi connectivity index (χ1) is 9.61. The summed E-state index contributed by atoms with van der Waals surface area (Å²) in [5.74, 6) is 1.70. The molecule has 0 amide bonds. The minimum atomic E-state index is -0.0972. The molecule has 104 valence electrons. The van der Waals surface area contributed by atoms with Crippen LogP contribution in [-0.2, 0) is 13.0 Å². The summed E-state index contributed by atoms with van der Waals surface area (Å²) in [5.41, 5.74) is 3.54. The van der Waals surface area contributed by atoms with Crippen LogP contribution in [0.3, 0.4) is 0 Å². The number of nitrogens with zero attached hydrogens (tertiary/aromatic N) is 3. The molecule has 0 spiro atoms. The monoisotopic (exact) mass is 269 g/mol. The SMILES string of the molecule is CC1(C)Cc2cccc(Cn3cc(C4CC4)nn3)c2O1. The minimum Gasteiger partial charge on any atom is -0.487 e. The molecule has 0 radical (unpaired) electrons. The molecular weight excluding hydrogens is 250 g/mol. The van der Waals surface area contributed by atoms with Crippen molar-refractivity contribution in [2.45, 2.75) is 51.2 Å². The summed E-state index contributed by atoms with van der Waals surface area (Å²) in [6, 6.07) is 6.39. The first kappa shape index (κ1) is 11.9. The van der Waals surface area contributed by atoms with Crippen molar-refractivity contribution < 1.29 is 4.74 Å². The van der Waals surface area contributed by atoms with Gasteiger partial charge in [0.2, 0.25) is 0 Å². The molecule has 2 aliphatic rings. The van der Waals surface area contributed by atoms with Gasteiger partial charge in [0.1, 0.15) is 11.4 Å². The molecule has 0 bridgehead atoms. The molecule has 20 heavy (non-hydrogen) atoms. The van der Waals surface area contributed by atoms with Gasteiger partial charge < -0.3 is 4.74 Å². The Morgan fingerprint density at radius 2 is 2.20 bits per heavy atom. The summed E-state index contributed by atoms with van der Waals surface area (Å²) in [6.45, 7) is 5.01. The number of rotatable bonds is 3. The van der Waals surface area contributed by atoms with Crippen LogP contribution >= 0.6 is 0 Å². The molecule has 1 aromatic carbocycles. The van der Waals surface area contributed by atoms with Gasteiger partial charge in [-0.05, 0) is 32.3 Å². The molecule has 0 N–H and O–H groups in total. The lowest BCUT2D eigenvalue weighted by molar-refractivity contribution is 0.137. The van der Waals surface area contributed by atoms with E-state index in [1.54, 1.807) is 0 Å². The number of para-hydroxylation sites is 1. The van der Waals surface area contributed by atoms with Crippen LogP contribution in [0.4, 0.5) is 0 Å². The van der Waals surface area contributed by atoms with E-state index >= 15 is 0 Å². The topological polar surface area (TPSA) is 39.9 Å². The smallest absolute Gasteiger partial charge is 0.128 e. The normalized spacial score (nSPS) is 19.7.